The van der Waals surface area contributed by atoms with Gasteiger partial charge in [-0.15, -0.1) is 0 Å². The highest BCUT2D eigenvalue weighted by Gasteiger charge is 2.19. The summed E-state index contributed by atoms with van der Waals surface area (Å²) in [5.74, 6) is -0.997. The zero-order valence-electron chi connectivity index (χ0n) is 34.8. The lowest BCUT2D eigenvalue weighted by molar-refractivity contribution is -0.166. The molecule has 0 bridgehead atoms. The van der Waals surface area contributed by atoms with Gasteiger partial charge in [0.05, 0.1) is 0 Å². The maximum Gasteiger partial charge on any atom is 0.306 e. The van der Waals surface area contributed by atoms with Gasteiger partial charge in [-0.25, -0.2) is 0 Å². The van der Waals surface area contributed by atoms with Crippen LogP contribution in [0.5, 0.6) is 0 Å². The summed E-state index contributed by atoms with van der Waals surface area (Å²) in [5.41, 5.74) is 0. The van der Waals surface area contributed by atoms with Gasteiger partial charge in [0.25, 0.3) is 0 Å². The average molecular weight is 743 g/mol. The van der Waals surface area contributed by atoms with Crippen molar-refractivity contribution in [2.24, 2.45) is 0 Å². The molecule has 1 unspecified atom stereocenters. The zero-order valence-corrected chi connectivity index (χ0v) is 34.8. The fourth-order valence-electron chi connectivity index (χ4n) is 6.04. The van der Waals surface area contributed by atoms with E-state index in [1.165, 1.54) is 96.3 Å². The fourth-order valence-corrected chi connectivity index (χ4v) is 6.04. The summed E-state index contributed by atoms with van der Waals surface area (Å²) >= 11 is 0. The van der Waals surface area contributed by atoms with Gasteiger partial charge in [0, 0.05) is 19.3 Å². The van der Waals surface area contributed by atoms with Gasteiger partial charge >= 0.3 is 17.9 Å². The Kier molecular flexibility index (Phi) is 40.0. The molecule has 0 aromatic heterocycles. The summed E-state index contributed by atoms with van der Waals surface area (Å²) in [7, 11) is 0. The molecular weight excluding hydrogens is 661 g/mol. The minimum Gasteiger partial charge on any atom is -0.462 e. The van der Waals surface area contributed by atoms with Gasteiger partial charge in [-0.2, -0.15) is 0 Å². The molecule has 6 nitrogen and oxygen atoms in total. The van der Waals surface area contributed by atoms with Crippen LogP contribution in [0.1, 0.15) is 213 Å². The van der Waals surface area contributed by atoms with Gasteiger partial charge in [-0.3, -0.25) is 14.4 Å². The van der Waals surface area contributed by atoms with Gasteiger partial charge < -0.3 is 14.2 Å². The first-order chi connectivity index (χ1) is 26.0. The zero-order chi connectivity index (χ0) is 38.7. The van der Waals surface area contributed by atoms with Gasteiger partial charge in [0.15, 0.2) is 6.10 Å². The fraction of sp³-hybridized carbons (Fsp3) is 0.766. The third-order valence-electron chi connectivity index (χ3n) is 9.36. The lowest BCUT2D eigenvalue weighted by atomic mass is 10.0. The van der Waals surface area contributed by atoms with Crippen LogP contribution in [0.2, 0.25) is 0 Å². The average Bonchev–Trinajstić information content (AvgIpc) is 3.15. The Labute approximate surface area is 327 Å². The number of esters is 3. The molecule has 0 aliphatic rings. The van der Waals surface area contributed by atoms with Crippen molar-refractivity contribution in [2.45, 2.75) is 219 Å². The number of rotatable bonds is 39. The van der Waals surface area contributed by atoms with E-state index in [9.17, 15) is 14.4 Å². The van der Waals surface area contributed by atoms with Crippen LogP contribution in [-0.4, -0.2) is 37.2 Å². The molecule has 0 spiro atoms. The summed E-state index contributed by atoms with van der Waals surface area (Å²) in [6, 6.07) is 0. The van der Waals surface area contributed by atoms with Crippen LogP contribution in [0, 0.1) is 0 Å². The Morgan fingerprint density at radius 2 is 0.736 bits per heavy atom. The molecule has 0 amide bonds. The van der Waals surface area contributed by atoms with Gasteiger partial charge in [0.2, 0.25) is 0 Å². The van der Waals surface area contributed by atoms with Crippen LogP contribution in [0.4, 0.5) is 0 Å². The van der Waals surface area contributed by atoms with E-state index in [-0.39, 0.29) is 31.6 Å². The van der Waals surface area contributed by atoms with Crippen LogP contribution < -0.4 is 0 Å². The summed E-state index contributed by atoms with van der Waals surface area (Å²) < 4.78 is 16.5. The third-order valence-corrected chi connectivity index (χ3v) is 9.36. The molecule has 0 fully saturated rings. The maximum absolute atomic E-state index is 12.6. The molecule has 0 radical (unpaired) electrons. The standard InChI is InChI=1S/C47H82O6/c1-4-7-10-13-15-17-19-21-22-23-24-26-27-29-31-34-37-40-46(49)52-43-44(42-51-45(48)39-36-33-12-9-6-3)53-47(50)41-38-35-32-30-28-25-20-18-16-14-11-8-5-2/h8,11,16,18,25,28,32,35,44H,4-7,9-10,12-15,17,19-24,26-27,29-31,33-34,36-43H2,1-3H3/b11-8-,18-16-,28-25-,35-32-. The monoisotopic (exact) mass is 743 g/mol. The van der Waals surface area contributed by atoms with Crippen molar-refractivity contribution in [2.75, 3.05) is 13.2 Å². The topological polar surface area (TPSA) is 78.9 Å². The number of unbranched alkanes of at least 4 members (excludes halogenated alkanes) is 20. The van der Waals surface area contributed by atoms with Crippen molar-refractivity contribution in [1.29, 1.82) is 0 Å². The molecule has 0 heterocycles. The van der Waals surface area contributed by atoms with Crippen molar-refractivity contribution in [3.63, 3.8) is 0 Å². The molecular formula is C47H82O6. The van der Waals surface area contributed by atoms with E-state index in [1.807, 2.05) is 12.2 Å². The largest absolute Gasteiger partial charge is 0.462 e. The first-order valence-electron chi connectivity index (χ1n) is 22.1. The molecule has 0 aromatic rings. The SMILES string of the molecule is CC/C=C\C/C=C\C/C=C\C/C=C\CCC(=O)OC(COC(=O)CCCCCCC)COC(=O)CCCCCCCCCCCCCCCCCCC. The predicted octanol–water partition coefficient (Wildman–Crippen LogP) is 14.0. The number of allylic oxidation sites excluding steroid dienone is 8. The first kappa shape index (κ1) is 50.4. The molecule has 0 aliphatic heterocycles. The highest BCUT2D eigenvalue weighted by Crippen LogP contribution is 2.15. The number of carbonyl (C=O) groups excluding carboxylic acids is 3. The third kappa shape index (κ3) is 40.4. The van der Waals surface area contributed by atoms with E-state index in [1.54, 1.807) is 0 Å². The number of carbonyl (C=O) groups is 3. The lowest BCUT2D eigenvalue weighted by Gasteiger charge is -2.18. The minimum atomic E-state index is -0.802. The Hall–Kier alpha value is -2.63. The minimum absolute atomic E-state index is 0.0999. The van der Waals surface area contributed by atoms with Crippen molar-refractivity contribution >= 4 is 17.9 Å². The van der Waals surface area contributed by atoms with Crippen molar-refractivity contribution in [3.8, 4) is 0 Å². The van der Waals surface area contributed by atoms with Gasteiger partial charge in [0.1, 0.15) is 13.2 Å². The Bertz CT molecular complexity index is 949. The quantitative estimate of drug-likeness (QED) is 0.0270. The summed E-state index contributed by atoms with van der Waals surface area (Å²) in [5, 5.41) is 0. The van der Waals surface area contributed by atoms with E-state index >= 15 is 0 Å². The molecule has 1 atom stereocenters. The van der Waals surface area contributed by atoms with Crippen LogP contribution in [0.3, 0.4) is 0 Å². The van der Waals surface area contributed by atoms with Crippen LogP contribution >= 0.6 is 0 Å². The molecule has 0 saturated carbocycles. The highest BCUT2D eigenvalue weighted by atomic mass is 16.6. The van der Waals surface area contributed by atoms with Crippen molar-refractivity contribution < 1.29 is 28.6 Å². The first-order valence-corrected chi connectivity index (χ1v) is 22.1. The van der Waals surface area contributed by atoms with E-state index in [0.717, 1.165) is 70.6 Å². The molecule has 0 saturated heterocycles. The van der Waals surface area contributed by atoms with E-state index < -0.39 is 12.1 Å². The highest BCUT2D eigenvalue weighted by molar-refractivity contribution is 5.71. The second-order valence-electron chi connectivity index (χ2n) is 14.6. The molecule has 6 heteroatoms. The number of hydrogen-bond donors (Lipinski definition) is 0. The van der Waals surface area contributed by atoms with E-state index in [4.69, 9.17) is 14.2 Å². The normalized spacial score (nSPS) is 12.4. The van der Waals surface area contributed by atoms with Crippen LogP contribution in [0.15, 0.2) is 48.6 Å². The second-order valence-corrected chi connectivity index (χ2v) is 14.6. The number of ether oxygens (including phenoxy) is 3. The Morgan fingerprint density at radius 3 is 1.11 bits per heavy atom. The summed E-state index contributed by atoms with van der Waals surface area (Å²) in [6.45, 7) is 6.37. The molecule has 0 rings (SSSR count). The molecule has 53 heavy (non-hydrogen) atoms. The molecule has 306 valence electrons. The van der Waals surface area contributed by atoms with Crippen LogP contribution in [0.25, 0.3) is 0 Å². The molecule has 0 aliphatic carbocycles. The van der Waals surface area contributed by atoms with Crippen molar-refractivity contribution in [1.82, 2.24) is 0 Å². The molecule has 0 N–H and O–H groups in total. The summed E-state index contributed by atoms with van der Waals surface area (Å²) in [4.78, 5) is 37.4. The predicted molar refractivity (Wildman–Crippen MR) is 224 cm³/mol. The maximum atomic E-state index is 12.6. The van der Waals surface area contributed by atoms with Crippen molar-refractivity contribution in [3.05, 3.63) is 48.6 Å². The van der Waals surface area contributed by atoms with Crippen LogP contribution in [-0.2, 0) is 28.6 Å². The van der Waals surface area contributed by atoms with E-state index in [0.29, 0.717) is 19.3 Å². The lowest BCUT2D eigenvalue weighted by Crippen LogP contribution is -2.30. The number of hydrogen-bond acceptors (Lipinski definition) is 6. The molecule has 0 aromatic carbocycles. The van der Waals surface area contributed by atoms with Gasteiger partial charge in [-0.1, -0.05) is 198 Å². The smallest absolute Gasteiger partial charge is 0.306 e. The van der Waals surface area contributed by atoms with Gasteiger partial charge in [-0.05, 0) is 44.9 Å². The Balaban J connectivity index is 4.27. The summed E-state index contributed by atoms with van der Waals surface area (Å²) in [6.07, 6.45) is 48.6. The second kappa shape index (κ2) is 42.1. The Morgan fingerprint density at radius 1 is 0.396 bits per heavy atom. The van der Waals surface area contributed by atoms with E-state index in [2.05, 4.69) is 57.2 Å².